The molecule has 1 radical (unpaired) electrons. The molecule has 18 heavy (non-hydrogen) atoms. The molecule has 2 nitrogen and oxygen atoms in total. The molecule has 4 rings (SSSR count). The van der Waals surface area contributed by atoms with Crippen LogP contribution in [0.15, 0.2) is 0 Å². The summed E-state index contributed by atoms with van der Waals surface area (Å²) < 4.78 is 0. The molecule has 0 spiro atoms. The van der Waals surface area contributed by atoms with Gasteiger partial charge in [0.2, 0.25) is 0 Å². The van der Waals surface area contributed by atoms with Crippen molar-refractivity contribution in [3.63, 3.8) is 0 Å². The van der Waals surface area contributed by atoms with Crippen LogP contribution in [0.1, 0.15) is 51.4 Å². The van der Waals surface area contributed by atoms with Gasteiger partial charge in [0, 0.05) is 0 Å². The van der Waals surface area contributed by atoms with Crippen LogP contribution in [0.25, 0.3) is 0 Å². The van der Waals surface area contributed by atoms with Gasteiger partial charge in [0.15, 0.2) is 0 Å². The first-order chi connectivity index (χ1) is 8.72. The zero-order valence-corrected chi connectivity index (χ0v) is 12.6. The van der Waals surface area contributed by atoms with E-state index >= 15 is 0 Å². The summed E-state index contributed by atoms with van der Waals surface area (Å²) in [5.74, 6) is 3.51. The second kappa shape index (κ2) is 4.24. The van der Waals surface area contributed by atoms with Crippen LogP contribution in [0, 0.1) is 23.7 Å². The summed E-state index contributed by atoms with van der Waals surface area (Å²) in [4.78, 5) is 14.7. The average molecular weight is 311 g/mol. The van der Waals surface area contributed by atoms with Crippen molar-refractivity contribution >= 4 is 20.8 Å². The summed E-state index contributed by atoms with van der Waals surface area (Å²) in [6.07, 6.45) is 11.0. The molecular formula is C15H22NOSe. The fourth-order valence-electron chi connectivity index (χ4n) is 5.62. The second-order valence-corrected chi connectivity index (χ2v) is 7.89. The van der Waals surface area contributed by atoms with Crippen molar-refractivity contribution in [2.45, 2.75) is 63.5 Å². The molecule has 0 saturated heterocycles. The van der Waals surface area contributed by atoms with Crippen LogP contribution in [0.3, 0.4) is 0 Å². The van der Waals surface area contributed by atoms with Crippen molar-refractivity contribution < 1.29 is 4.79 Å². The van der Waals surface area contributed by atoms with Crippen molar-refractivity contribution in [2.24, 2.45) is 23.7 Å². The Morgan fingerprint density at radius 2 is 1.33 bits per heavy atom. The van der Waals surface area contributed by atoms with Crippen LogP contribution in [0.4, 0.5) is 4.79 Å². The minimum absolute atomic E-state index is 0.241. The number of carbonyl (C=O) groups excluding carboxylic acids is 1. The number of fused-ring (bicyclic) bond motifs is 4. The first-order valence-corrected chi connectivity index (χ1v) is 8.57. The SMILES string of the molecule is O=C([Se])N(C1CC2CCC1C2)C1CC2CCC1C2. The van der Waals surface area contributed by atoms with Crippen molar-refractivity contribution in [3.8, 4) is 0 Å². The van der Waals surface area contributed by atoms with E-state index in [1.165, 1.54) is 51.4 Å². The van der Waals surface area contributed by atoms with Crippen molar-refractivity contribution in [1.29, 1.82) is 0 Å². The van der Waals surface area contributed by atoms with Crippen LogP contribution < -0.4 is 0 Å². The van der Waals surface area contributed by atoms with Crippen LogP contribution in [-0.2, 0) is 0 Å². The Labute approximate surface area is 118 Å². The minimum atomic E-state index is 0.241. The molecule has 99 valence electrons. The number of carbonyl (C=O) groups is 1. The summed E-state index contributed by atoms with van der Waals surface area (Å²) in [6, 6.07) is 1.17. The van der Waals surface area contributed by atoms with Gasteiger partial charge in [-0.1, -0.05) is 0 Å². The average Bonchev–Trinajstić information content (AvgIpc) is 3.09. The Morgan fingerprint density at radius 3 is 1.61 bits per heavy atom. The summed E-state index contributed by atoms with van der Waals surface area (Å²) in [5.41, 5.74) is 0. The molecule has 3 heteroatoms. The van der Waals surface area contributed by atoms with E-state index in [1.54, 1.807) is 0 Å². The van der Waals surface area contributed by atoms with Gasteiger partial charge in [-0.2, -0.15) is 0 Å². The molecule has 4 aliphatic rings. The van der Waals surface area contributed by atoms with E-state index in [4.69, 9.17) is 0 Å². The van der Waals surface area contributed by atoms with Gasteiger partial charge in [-0.05, 0) is 0 Å². The van der Waals surface area contributed by atoms with Crippen molar-refractivity contribution in [2.75, 3.05) is 0 Å². The standard InChI is InChI=1S/C15H22NOSe/c17-15(18)16(13-7-9-1-3-11(13)5-9)14-8-10-2-4-12(14)6-10/h9-14H,1-8H2. The van der Waals surface area contributed by atoms with E-state index in [-0.39, 0.29) is 4.81 Å². The Balaban J connectivity index is 1.56. The van der Waals surface area contributed by atoms with E-state index in [9.17, 15) is 4.79 Å². The molecule has 6 unspecified atom stereocenters. The van der Waals surface area contributed by atoms with Crippen molar-refractivity contribution in [3.05, 3.63) is 0 Å². The van der Waals surface area contributed by atoms with E-state index in [0.29, 0.717) is 12.1 Å². The Hall–Kier alpha value is -0.0105. The summed E-state index contributed by atoms with van der Waals surface area (Å²) in [7, 11) is 0. The zero-order valence-electron chi connectivity index (χ0n) is 10.9. The maximum atomic E-state index is 12.1. The van der Waals surface area contributed by atoms with Gasteiger partial charge in [0.05, 0.1) is 0 Å². The van der Waals surface area contributed by atoms with E-state index < -0.39 is 0 Å². The fourth-order valence-corrected chi connectivity index (χ4v) is 6.19. The van der Waals surface area contributed by atoms with Gasteiger partial charge in [-0.3, -0.25) is 0 Å². The van der Waals surface area contributed by atoms with Gasteiger partial charge in [-0.25, -0.2) is 0 Å². The summed E-state index contributed by atoms with van der Waals surface area (Å²) in [6.45, 7) is 0. The number of amides is 1. The topological polar surface area (TPSA) is 20.3 Å². The molecule has 4 fully saturated rings. The summed E-state index contributed by atoms with van der Waals surface area (Å²) >= 11 is 2.80. The number of hydrogen-bond donors (Lipinski definition) is 0. The normalized spacial score (nSPS) is 48.9. The second-order valence-electron chi connectivity index (χ2n) is 7.16. The van der Waals surface area contributed by atoms with E-state index in [2.05, 4.69) is 20.9 Å². The third-order valence-electron chi connectivity index (χ3n) is 6.33. The van der Waals surface area contributed by atoms with Crippen LogP contribution in [-0.4, -0.2) is 37.8 Å². The first-order valence-electron chi connectivity index (χ1n) is 7.71. The summed E-state index contributed by atoms with van der Waals surface area (Å²) in [5, 5.41) is 0. The Morgan fingerprint density at radius 1 is 0.833 bits per heavy atom. The molecule has 0 aromatic rings. The zero-order chi connectivity index (χ0) is 12.3. The monoisotopic (exact) mass is 312 g/mol. The Kier molecular flexibility index (Phi) is 2.78. The molecule has 4 aliphatic carbocycles. The van der Waals surface area contributed by atoms with Gasteiger partial charge in [0.25, 0.3) is 0 Å². The molecule has 0 heterocycles. The molecule has 4 saturated carbocycles. The molecule has 6 atom stereocenters. The predicted molar refractivity (Wildman–Crippen MR) is 71.5 cm³/mol. The number of rotatable bonds is 2. The molecular weight excluding hydrogens is 289 g/mol. The molecule has 1 amide bonds. The number of nitrogens with zero attached hydrogens (tertiary/aromatic N) is 1. The van der Waals surface area contributed by atoms with Gasteiger partial charge in [0.1, 0.15) is 0 Å². The van der Waals surface area contributed by atoms with Gasteiger partial charge in [-0.15, -0.1) is 0 Å². The Bertz CT molecular complexity index is 344. The third-order valence-corrected chi connectivity index (χ3v) is 6.77. The quantitative estimate of drug-likeness (QED) is 0.718. The molecule has 0 aromatic carbocycles. The fraction of sp³-hybridized carbons (Fsp3) is 0.933. The van der Waals surface area contributed by atoms with E-state index in [1.807, 2.05) is 0 Å². The van der Waals surface area contributed by atoms with Crippen molar-refractivity contribution in [1.82, 2.24) is 4.90 Å². The van der Waals surface area contributed by atoms with Crippen LogP contribution in [0.2, 0.25) is 0 Å². The van der Waals surface area contributed by atoms with Gasteiger partial charge < -0.3 is 0 Å². The predicted octanol–water partition coefficient (Wildman–Crippen LogP) is 2.95. The van der Waals surface area contributed by atoms with E-state index in [0.717, 1.165) is 23.7 Å². The molecule has 0 aromatic heterocycles. The maximum absolute atomic E-state index is 12.1. The number of hydrogen-bond acceptors (Lipinski definition) is 1. The molecule has 4 bridgehead atoms. The van der Waals surface area contributed by atoms with Crippen LogP contribution in [0.5, 0.6) is 0 Å². The van der Waals surface area contributed by atoms with Crippen LogP contribution >= 0.6 is 0 Å². The third kappa shape index (κ3) is 1.70. The first kappa shape index (κ1) is 11.8. The van der Waals surface area contributed by atoms with Gasteiger partial charge >= 0.3 is 118 Å². The molecule has 0 N–H and O–H groups in total. The molecule has 0 aliphatic heterocycles.